The number of carbonyl (C=O) groups is 1. The van der Waals surface area contributed by atoms with Gasteiger partial charge >= 0.3 is 5.97 Å². The van der Waals surface area contributed by atoms with Gasteiger partial charge in [0.25, 0.3) is 0 Å². The van der Waals surface area contributed by atoms with Gasteiger partial charge in [-0.3, -0.25) is 4.79 Å². The zero-order valence-corrected chi connectivity index (χ0v) is 17.6. The number of rotatable bonds is 18. The van der Waals surface area contributed by atoms with E-state index in [-0.39, 0.29) is 12.4 Å². The summed E-state index contributed by atoms with van der Waals surface area (Å²) in [5.41, 5.74) is -0.436. The minimum absolute atomic E-state index is 0.229. The largest absolute Gasteiger partial charge is 0.460 e. The lowest BCUT2D eigenvalue weighted by atomic mass is 10.1. The molecule has 0 fully saturated rings. The van der Waals surface area contributed by atoms with Crippen LogP contribution in [0, 0.1) is 0 Å². The van der Waals surface area contributed by atoms with Crippen LogP contribution < -0.4 is 0 Å². The van der Waals surface area contributed by atoms with Crippen LogP contribution in [-0.4, -0.2) is 51.2 Å². The van der Waals surface area contributed by atoms with Crippen molar-refractivity contribution in [3.05, 3.63) is 0 Å². The molecule has 0 unspecified atom stereocenters. The van der Waals surface area contributed by atoms with E-state index in [2.05, 4.69) is 6.92 Å². The second kappa shape index (κ2) is 17.7. The Bertz CT molecular complexity index is 312. The molecule has 0 aromatic rings. The van der Waals surface area contributed by atoms with Crippen LogP contribution in [0.3, 0.4) is 0 Å². The van der Waals surface area contributed by atoms with Crippen molar-refractivity contribution in [3.63, 3.8) is 0 Å². The Labute approximate surface area is 161 Å². The maximum Gasteiger partial charge on any atom is 0.308 e. The Hall–Kier alpha value is -0.650. The van der Waals surface area contributed by atoms with E-state index in [0.29, 0.717) is 33.0 Å². The molecule has 0 aliphatic rings. The molecule has 0 rings (SSSR count). The molecule has 0 saturated heterocycles. The van der Waals surface area contributed by atoms with E-state index in [4.69, 9.17) is 18.9 Å². The first-order chi connectivity index (χ1) is 12.5. The van der Waals surface area contributed by atoms with Crippen molar-refractivity contribution in [1.29, 1.82) is 0 Å². The molecule has 0 aliphatic carbocycles. The molecule has 0 aromatic heterocycles. The summed E-state index contributed by atoms with van der Waals surface area (Å²) in [7, 11) is 0. The van der Waals surface area contributed by atoms with Crippen molar-refractivity contribution in [2.45, 2.75) is 91.1 Å². The molecule has 5 nitrogen and oxygen atoms in total. The molecule has 0 aliphatic heterocycles. The van der Waals surface area contributed by atoms with Crippen LogP contribution in [0.15, 0.2) is 0 Å². The second-order valence-electron chi connectivity index (χ2n) is 7.65. The highest BCUT2D eigenvalue weighted by Crippen LogP contribution is 2.09. The van der Waals surface area contributed by atoms with Crippen molar-refractivity contribution in [1.82, 2.24) is 0 Å². The lowest BCUT2D eigenvalue weighted by Gasteiger charge is -2.19. The smallest absolute Gasteiger partial charge is 0.308 e. The predicted molar refractivity (Wildman–Crippen MR) is 106 cm³/mol. The van der Waals surface area contributed by atoms with Crippen LogP contribution in [0.25, 0.3) is 0 Å². The molecular formula is C21H42O5. The summed E-state index contributed by atoms with van der Waals surface area (Å²) < 4.78 is 21.6. The fourth-order valence-corrected chi connectivity index (χ4v) is 2.43. The Morgan fingerprint density at radius 3 is 1.65 bits per heavy atom. The SMILES string of the molecule is CCCCCCCCCCOCCOCCOCCC(=O)OC(C)(C)C. The normalized spacial score (nSPS) is 11.7. The van der Waals surface area contributed by atoms with Crippen molar-refractivity contribution >= 4 is 5.97 Å². The third-order valence-electron chi connectivity index (χ3n) is 3.76. The van der Waals surface area contributed by atoms with E-state index in [1.54, 1.807) is 0 Å². The van der Waals surface area contributed by atoms with Crippen LogP contribution in [0.5, 0.6) is 0 Å². The van der Waals surface area contributed by atoms with E-state index in [1.165, 1.54) is 44.9 Å². The molecule has 0 saturated carbocycles. The zero-order chi connectivity index (χ0) is 19.5. The van der Waals surface area contributed by atoms with Gasteiger partial charge in [0.15, 0.2) is 0 Å². The van der Waals surface area contributed by atoms with Gasteiger partial charge in [0, 0.05) is 6.61 Å². The molecule has 0 aromatic carbocycles. The number of esters is 1. The number of unbranched alkanes of at least 4 members (excludes halogenated alkanes) is 7. The average Bonchev–Trinajstić information content (AvgIpc) is 2.56. The van der Waals surface area contributed by atoms with Crippen LogP contribution in [-0.2, 0) is 23.7 Å². The van der Waals surface area contributed by atoms with Gasteiger partial charge in [0.2, 0.25) is 0 Å². The van der Waals surface area contributed by atoms with Gasteiger partial charge in [0.05, 0.1) is 39.5 Å². The summed E-state index contributed by atoms with van der Waals surface area (Å²) in [6, 6.07) is 0. The quantitative estimate of drug-likeness (QED) is 0.252. The molecular weight excluding hydrogens is 332 g/mol. The molecule has 0 N–H and O–H groups in total. The second-order valence-corrected chi connectivity index (χ2v) is 7.65. The van der Waals surface area contributed by atoms with Crippen molar-refractivity contribution in [2.24, 2.45) is 0 Å². The maximum atomic E-state index is 11.5. The van der Waals surface area contributed by atoms with Gasteiger partial charge in [0.1, 0.15) is 5.60 Å². The van der Waals surface area contributed by atoms with Gasteiger partial charge in [-0.1, -0.05) is 51.9 Å². The average molecular weight is 375 g/mol. The Morgan fingerprint density at radius 1 is 0.654 bits per heavy atom. The molecule has 0 atom stereocenters. The van der Waals surface area contributed by atoms with E-state index in [1.807, 2.05) is 20.8 Å². The summed E-state index contributed by atoms with van der Waals surface area (Å²) in [6.45, 7) is 11.2. The number of ether oxygens (including phenoxy) is 4. The highest BCUT2D eigenvalue weighted by Gasteiger charge is 2.15. The van der Waals surface area contributed by atoms with Crippen LogP contribution in [0.4, 0.5) is 0 Å². The molecule has 0 amide bonds. The van der Waals surface area contributed by atoms with Crippen molar-refractivity contribution in [2.75, 3.05) is 39.6 Å². The molecule has 0 bridgehead atoms. The first-order valence-electron chi connectivity index (χ1n) is 10.4. The molecule has 156 valence electrons. The van der Waals surface area contributed by atoms with Crippen LogP contribution in [0.1, 0.15) is 85.5 Å². The number of hydrogen-bond acceptors (Lipinski definition) is 5. The number of carbonyl (C=O) groups excluding carboxylic acids is 1. The van der Waals surface area contributed by atoms with Crippen LogP contribution in [0.2, 0.25) is 0 Å². The third kappa shape index (κ3) is 21.4. The topological polar surface area (TPSA) is 54.0 Å². The lowest BCUT2D eigenvalue weighted by Crippen LogP contribution is -2.24. The maximum absolute atomic E-state index is 11.5. The van der Waals surface area contributed by atoms with Crippen molar-refractivity contribution in [3.8, 4) is 0 Å². The molecule has 5 heteroatoms. The van der Waals surface area contributed by atoms with Gasteiger partial charge < -0.3 is 18.9 Å². The van der Waals surface area contributed by atoms with E-state index in [9.17, 15) is 4.79 Å². The first-order valence-corrected chi connectivity index (χ1v) is 10.4. The summed E-state index contributed by atoms with van der Waals surface area (Å²) in [5.74, 6) is -0.229. The Balaban J connectivity index is 3.12. The van der Waals surface area contributed by atoms with E-state index < -0.39 is 5.60 Å². The van der Waals surface area contributed by atoms with Gasteiger partial charge in [-0.25, -0.2) is 0 Å². The lowest BCUT2D eigenvalue weighted by molar-refractivity contribution is -0.156. The highest BCUT2D eigenvalue weighted by molar-refractivity contribution is 5.69. The van der Waals surface area contributed by atoms with Gasteiger partial charge in [-0.05, 0) is 27.2 Å². The summed E-state index contributed by atoms with van der Waals surface area (Å²) >= 11 is 0. The van der Waals surface area contributed by atoms with Gasteiger partial charge in [-0.2, -0.15) is 0 Å². The monoisotopic (exact) mass is 374 g/mol. The van der Waals surface area contributed by atoms with Gasteiger partial charge in [-0.15, -0.1) is 0 Å². The summed E-state index contributed by atoms with van der Waals surface area (Å²) in [6.07, 6.45) is 10.8. The standard InChI is InChI=1S/C21H42O5/c1-5-6-7-8-9-10-11-12-14-23-16-18-25-19-17-24-15-13-20(22)26-21(2,3)4/h5-19H2,1-4H3. The van der Waals surface area contributed by atoms with Crippen molar-refractivity contribution < 1.29 is 23.7 Å². The minimum Gasteiger partial charge on any atom is -0.460 e. The highest BCUT2D eigenvalue weighted by atomic mass is 16.6. The molecule has 0 heterocycles. The molecule has 0 radical (unpaired) electrons. The summed E-state index contributed by atoms with van der Waals surface area (Å²) in [4.78, 5) is 11.5. The molecule has 26 heavy (non-hydrogen) atoms. The number of hydrogen-bond donors (Lipinski definition) is 0. The zero-order valence-electron chi connectivity index (χ0n) is 17.6. The Morgan fingerprint density at radius 2 is 1.12 bits per heavy atom. The molecule has 0 spiro atoms. The fourth-order valence-electron chi connectivity index (χ4n) is 2.43. The first kappa shape index (κ1) is 25.4. The summed E-state index contributed by atoms with van der Waals surface area (Å²) in [5, 5.41) is 0. The van der Waals surface area contributed by atoms with Crippen LogP contribution >= 0.6 is 0 Å². The minimum atomic E-state index is -0.436. The van der Waals surface area contributed by atoms with E-state index >= 15 is 0 Å². The Kier molecular flexibility index (Phi) is 17.3. The third-order valence-corrected chi connectivity index (χ3v) is 3.76. The van der Waals surface area contributed by atoms with E-state index in [0.717, 1.165) is 13.0 Å². The predicted octanol–water partition coefficient (Wildman–Crippen LogP) is 4.91. The fraction of sp³-hybridized carbons (Fsp3) is 0.952.